The highest BCUT2D eigenvalue weighted by Gasteiger charge is 2.22. The van der Waals surface area contributed by atoms with Crippen molar-refractivity contribution in [2.24, 2.45) is 5.92 Å². The number of anilines is 2. The largest absolute Gasteiger partial charge is 0.460 e. The Kier molecular flexibility index (Phi) is 8.39. The normalized spacial score (nSPS) is 15.8. The van der Waals surface area contributed by atoms with Gasteiger partial charge in [0.25, 0.3) is 0 Å². The number of nitrogens with zero attached hydrogens (tertiary/aromatic N) is 7. The summed E-state index contributed by atoms with van der Waals surface area (Å²) >= 11 is 0. The third-order valence-corrected chi connectivity index (χ3v) is 7.04. The lowest BCUT2D eigenvalue weighted by Crippen LogP contribution is -2.37. The number of ether oxygens (including phenoxy) is 1. The first kappa shape index (κ1) is 26.3. The summed E-state index contributed by atoms with van der Waals surface area (Å²) in [4.78, 5) is 18.4. The van der Waals surface area contributed by atoms with Crippen LogP contribution in [0, 0.1) is 12.8 Å². The Morgan fingerprint density at radius 1 is 1.19 bits per heavy atom. The molecular formula is C25H40B2N8O. The molecule has 0 aromatic carbocycles. The number of pyridine rings is 1. The Balaban J connectivity index is 1.49. The Labute approximate surface area is 216 Å². The average Bonchev–Trinajstić information content (AvgIpc) is 3.22. The molecule has 0 saturated carbocycles. The second-order valence-electron chi connectivity index (χ2n) is 10.8. The van der Waals surface area contributed by atoms with E-state index in [1.54, 1.807) is 4.52 Å². The van der Waals surface area contributed by atoms with E-state index >= 15 is 0 Å². The highest BCUT2D eigenvalue weighted by atomic mass is 16.5. The van der Waals surface area contributed by atoms with Crippen LogP contribution in [0.1, 0.15) is 49.4 Å². The molecule has 0 amide bonds. The van der Waals surface area contributed by atoms with Crippen LogP contribution in [-0.4, -0.2) is 85.0 Å². The number of nitrogen functional groups attached to an aromatic ring is 1. The van der Waals surface area contributed by atoms with Gasteiger partial charge in [-0.2, -0.15) is 4.98 Å². The molecule has 2 N–H and O–H groups in total. The quantitative estimate of drug-likeness (QED) is 0.426. The predicted octanol–water partition coefficient (Wildman–Crippen LogP) is 1.34. The molecule has 1 aliphatic rings. The zero-order valence-electron chi connectivity index (χ0n) is 22.7. The van der Waals surface area contributed by atoms with Gasteiger partial charge in [-0.05, 0) is 57.3 Å². The number of aromatic nitrogens is 5. The fourth-order valence-electron chi connectivity index (χ4n) is 5.15. The lowest BCUT2D eigenvalue weighted by molar-refractivity contribution is 0.182. The maximum absolute atomic E-state index is 6.22. The first-order valence-corrected chi connectivity index (χ1v) is 13.3. The summed E-state index contributed by atoms with van der Waals surface area (Å²) in [6.45, 7) is 7.59. The van der Waals surface area contributed by atoms with Crippen molar-refractivity contribution in [2.45, 2.75) is 57.8 Å². The molecule has 0 aliphatic carbocycles. The van der Waals surface area contributed by atoms with Crippen molar-refractivity contribution < 1.29 is 4.74 Å². The first-order chi connectivity index (χ1) is 17.2. The molecule has 1 saturated heterocycles. The standard InChI is InChI=1S/C25H40B2N8O/c1-5-6-20(21(26)27)36-25-31-22(28)24-30-14-19(35(24)32-25)12-18-11-16(2)23(29-13-18)34-9-7-17(8-10-34)15-33(3)4/h11,13-14,17,20-21H,5-10,12,15,26-27H2,1-4H3,(H2,28,31,32). The Hall–Kier alpha value is -2.81. The van der Waals surface area contributed by atoms with Crippen molar-refractivity contribution in [1.29, 1.82) is 0 Å². The fraction of sp³-hybridized carbons (Fsp3) is 0.600. The monoisotopic (exact) mass is 490 g/mol. The molecule has 0 spiro atoms. The van der Waals surface area contributed by atoms with E-state index in [4.69, 9.17) is 15.5 Å². The summed E-state index contributed by atoms with van der Waals surface area (Å²) in [6.07, 6.45) is 8.90. The van der Waals surface area contributed by atoms with Gasteiger partial charge in [0, 0.05) is 32.3 Å². The number of hydrogen-bond acceptors (Lipinski definition) is 8. The van der Waals surface area contributed by atoms with Gasteiger partial charge in [0.05, 0.1) is 18.0 Å². The molecular weight excluding hydrogens is 450 g/mol. The number of nitrogens with two attached hydrogens (primary N) is 1. The summed E-state index contributed by atoms with van der Waals surface area (Å²) in [6, 6.07) is 2.53. The van der Waals surface area contributed by atoms with Crippen LogP contribution in [0.15, 0.2) is 18.5 Å². The highest BCUT2D eigenvalue weighted by Crippen LogP contribution is 2.26. The van der Waals surface area contributed by atoms with Gasteiger partial charge in [-0.3, -0.25) is 0 Å². The molecule has 1 aliphatic heterocycles. The van der Waals surface area contributed by atoms with Gasteiger partial charge in [-0.25, -0.2) is 14.5 Å². The smallest absolute Gasteiger partial charge is 0.336 e. The third-order valence-electron chi connectivity index (χ3n) is 7.04. The Morgan fingerprint density at radius 2 is 1.94 bits per heavy atom. The number of hydrogen-bond donors (Lipinski definition) is 1. The van der Waals surface area contributed by atoms with E-state index in [2.05, 4.69) is 74.6 Å². The summed E-state index contributed by atoms with van der Waals surface area (Å²) in [7, 11) is 8.61. The number of imidazole rings is 1. The van der Waals surface area contributed by atoms with Crippen molar-refractivity contribution in [1.82, 2.24) is 29.5 Å². The van der Waals surface area contributed by atoms with Gasteiger partial charge in [0.1, 0.15) is 21.5 Å². The van der Waals surface area contributed by atoms with Crippen molar-refractivity contribution in [2.75, 3.05) is 44.4 Å². The van der Waals surface area contributed by atoms with Gasteiger partial charge in [-0.15, -0.1) is 5.10 Å². The molecule has 3 aromatic heterocycles. The van der Waals surface area contributed by atoms with E-state index < -0.39 is 0 Å². The second-order valence-corrected chi connectivity index (χ2v) is 10.8. The molecule has 0 radical (unpaired) electrons. The summed E-state index contributed by atoms with van der Waals surface area (Å²) in [5, 5.41) is 4.65. The van der Waals surface area contributed by atoms with Crippen LogP contribution >= 0.6 is 0 Å². The number of piperidine rings is 1. The maximum atomic E-state index is 6.22. The van der Waals surface area contributed by atoms with E-state index in [1.165, 1.54) is 18.4 Å². The topological polar surface area (TPSA) is 97.7 Å². The van der Waals surface area contributed by atoms with Crippen LogP contribution in [0.5, 0.6) is 6.01 Å². The second kappa shape index (κ2) is 11.5. The molecule has 4 rings (SSSR count). The number of aryl methyl sites for hydroxylation is 1. The lowest BCUT2D eigenvalue weighted by Gasteiger charge is -2.34. The zero-order chi connectivity index (χ0) is 25.8. The molecule has 1 unspecified atom stereocenters. The Morgan fingerprint density at radius 3 is 2.58 bits per heavy atom. The van der Waals surface area contributed by atoms with Crippen LogP contribution in [-0.2, 0) is 6.42 Å². The van der Waals surface area contributed by atoms with Crippen LogP contribution in [0.25, 0.3) is 5.65 Å². The highest BCUT2D eigenvalue weighted by molar-refractivity contribution is 6.35. The minimum Gasteiger partial charge on any atom is -0.460 e. The van der Waals surface area contributed by atoms with Crippen LogP contribution in [0.3, 0.4) is 0 Å². The molecule has 1 fully saturated rings. The summed E-state index contributed by atoms with van der Waals surface area (Å²) in [5.74, 6) is 2.19. The van der Waals surface area contributed by atoms with Gasteiger partial charge >= 0.3 is 6.01 Å². The minimum absolute atomic E-state index is 0.0474. The number of fused-ring (bicyclic) bond motifs is 1. The molecule has 192 valence electrons. The Bertz CT molecular complexity index is 1160. The van der Waals surface area contributed by atoms with Crippen molar-refractivity contribution in [3.63, 3.8) is 0 Å². The zero-order valence-corrected chi connectivity index (χ0v) is 22.7. The average molecular weight is 490 g/mol. The molecule has 36 heavy (non-hydrogen) atoms. The number of rotatable bonds is 10. The molecule has 11 heteroatoms. The SMILES string of the molecule is BC(B)C(CCC)Oc1nc(N)c2ncc(Cc3cnc(N4CCC(CN(C)C)CC4)c(C)c3)n2n1. The van der Waals surface area contributed by atoms with Crippen LogP contribution in [0.2, 0.25) is 5.72 Å². The van der Waals surface area contributed by atoms with Crippen LogP contribution < -0.4 is 15.4 Å². The molecule has 4 heterocycles. The van der Waals surface area contributed by atoms with Gasteiger partial charge in [0.15, 0.2) is 11.5 Å². The van der Waals surface area contributed by atoms with E-state index in [1.807, 2.05) is 12.4 Å². The van der Waals surface area contributed by atoms with E-state index in [-0.39, 0.29) is 6.10 Å². The molecule has 1 atom stereocenters. The van der Waals surface area contributed by atoms with Gasteiger partial charge < -0.3 is 20.3 Å². The maximum Gasteiger partial charge on any atom is 0.336 e. The van der Waals surface area contributed by atoms with Gasteiger partial charge in [-0.1, -0.05) is 25.1 Å². The third kappa shape index (κ3) is 6.11. The van der Waals surface area contributed by atoms with E-state index in [0.717, 1.165) is 55.5 Å². The molecule has 3 aromatic rings. The van der Waals surface area contributed by atoms with E-state index in [0.29, 0.717) is 29.6 Å². The molecule has 9 nitrogen and oxygen atoms in total. The lowest BCUT2D eigenvalue weighted by atomic mass is 9.66. The first-order valence-electron chi connectivity index (χ1n) is 13.3. The summed E-state index contributed by atoms with van der Waals surface area (Å²) in [5.41, 5.74) is 10.4. The molecule has 0 bridgehead atoms. The predicted molar refractivity (Wildman–Crippen MR) is 151 cm³/mol. The van der Waals surface area contributed by atoms with Gasteiger partial charge in [0.2, 0.25) is 0 Å². The van der Waals surface area contributed by atoms with E-state index in [9.17, 15) is 0 Å². The summed E-state index contributed by atoms with van der Waals surface area (Å²) < 4.78 is 7.90. The van der Waals surface area contributed by atoms with Crippen molar-refractivity contribution >= 4 is 33.0 Å². The minimum atomic E-state index is 0.0474. The van der Waals surface area contributed by atoms with Crippen molar-refractivity contribution in [3.8, 4) is 6.01 Å². The van der Waals surface area contributed by atoms with Crippen molar-refractivity contribution in [3.05, 3.63) is 35.3 Å². The fourth-order valence-corrected chi connectivity index (χ4v) is 5.15. The van der Waals surface area contributed by atoms with Crippen LogP contribution in [0.4, 0.5) is 11.6 Å².